The van der Waals surface area contributed by atoms with Crippen LogP contribution in [0, 0.1) is 17.1 Å². The predicted molar refractivity (Wildman–Crippen MR) is 127 cm³/mol. The number of aromatic nitrogens is 2. The zero-order valence-electron chi connectivity index (χ0n) is 18.8. The third-order valence-corrected chi connectivity index (χ3v) is 4.90. The van der Waals surface area contributed by atoms with Crippen LogP contribution < -0.4 is 21.1 Å². The molecule has 3 rings (SSSR count). The van der Waals surface area contributed by atoms with Crippen LogP contribution >= 0.6 is 0 Å². The van der Waals surface area contributed by atoms with Gasteiger partial charge in [-0.15, -0.1) is 0 Å². The van der Waals surface area contributed by atoms with Gasteiger partial charge in [0, 0.05) is 19.7 Å². The Morgan fingerprint density at radius 1 is 1.24 bits per heavy atom. The number of nitrogens with one attached hydrogen (secondary N) is 2. The summed E-state index contributed by atoms with van der Waals surface area (Å²) in [5, 5.41) is 20.5. The lowest BCUT2D eigenvalue weighted by atomic mass is 10.1. The normalized spacial score (nSPS) is 12.1. The molecule has 0 spiro atoms. The maximum atomic E-state index is 13.3. The molecular weight excluding hydrogens is 421 g/mol. The standard InChI is InChI=1S/C24H28FN7O/c1-17(33-20-11-6-8-18(25)14-20)16-30-24(28-2)29-13-7-12-22-21(15-26)23(27)32(31-22)19-9-4-3-5-10-19/h3-6,8-11,14,17H,7,12-13,16,27H2,1-2H3,(H2,28,29,30). The zero-order valence-corrected chi connectivity index (χ0v) is 18.8. The number of ether oxygens (including phenoxy) is 1. The Labute approximate surface area is 192 Å². The van der Waals surface area contributed by atoms with Crippen molar-refractivity contribution in [2.75, 3.05) is 25.9 Å². The second-order valence-electron chi connectivity index (χ2n) is 7.44. The first-order chi connectivity index (χ1) is 16.0. The average Bonchev–Trinajstić information content (AvgIpc) is 3.14. The van der Waals surface area contributed by atoms with Crippen molar-refractivity contribution in [1.29, 1.82) is 5.26 Å². The Bertz CT molecular complexity index is 1120. The van der Waals surface area contributed by atoms with E-state index in [2.05, 4.69) is 26.8 Å². The molecule has 1 heterocycles. The molecular formula is C24H28FN7O. The van der Waals surface area contributed by atoms with Crippen molar-refractivity contribution in [1.82, 2.24) is 20.4 Å². The Hall–Kier alpha value is -4.06. The molecule has 0 radical (unpaired) electrons. The highest BCUT2D eigenvalue weighted by atomic mass is 19.1. The number of nitrogen functional groups attached to an aromatic ring is 1. The molecule has 0 bridgehead atoms. The van der Waals surface area contributed by atoms with Crippen LogP contribution in [0.15, 0.2) is 59.6 Å². The van der Waals surface area contributed by atoms with Crippen LogP contribution in [-0.4, -0.2) is 42.0 Å². The molecule has 0 saturated carbocycles. The minimum Gasteiger partial charge on any atom is -0.489 e. The van der Waals surface area contributed by atoms with E-state index in [0.717, 1.165) is 12.1 Å². The Kier molecular flexibility index (Phi) is 8.24. The van der Waals surface area contributed by atoms with Crippen LogP contribution in [0.3, 0.4) is 0 Å². The SMILES string of the molecule is CN=C(NCCCc1nn(-c2ccccc2)c(N)c1C#N)NCC(C)Oc1cccc(F)c1. The van der Waals surface area contributed by atoms with Gasteiger partial charge in [0.2, 0.25) is 0 Å². The number of aryl methyl sites for hydroxylation is 1. The fourth-order valence-electron chi connectivity index (χ4n) is 3.28. The molecule has 0 aliphatic rings. The van der Waals surface area contributed by atoms with Gasteiger partial charge in [-0.05, 0) is 44.0 Å². The third-order valence-electron chi connectivity index (χ3n) is 4.90. The fraction of sp³-hybridized carbons (Fsp3) is 0.292. The van der Waals surface area contributed by atoms with Gasteiger partial charge >= 0.3 is 0 Å². The first-order valence-corrected chi connectivity index (χ1v) is 10.7. The van der Waals surface area contributed by atoms with Crippen molar-refractivity contribution in [2.24, 2.45) is 4.99 Å². The summed E-state index contributed by atoms with van der Waals surface area (Å²) in [6.45, 7) is 3.01. The van der Waals surface area contributed by atoms with Crippen LogP contribution in [0.5, 0.6) is 5.75 Å². The quantitative estimate of drug-likeness (QED) is 0.263. The fourth-order valence-corrected chi connectivity index (χ4v) is 3.28. The Balaban J connectivity index is 1.47. The van der Waals surface area contributed by atoms with Crippen LogP contribution in [0.1, 0.15) is 24.6 Å². The number of guanidine groups is 1. The smallest absolute Gasteiger partial charge is 0.191 e. The second-order valence-corrected chi connectivity index (χ2v) is 7.44. The molecule has 172 valence electrons. The highest BCUT2D eigenvalue weighted by Gasteiger charge is 2.16. The highest BCUT2D eigenvalue weighted by Crippen LogP contribution is 2.21. The van der Waals surface area contributed by atoms with E-state index in [4.69, 9.17) is 10.5 Å². The topological polar surface area (TPSA) is 113 Å². The number of rotatable bonds is 9. The van der Waals surface area contributed by atoms with Gasteiger partial charge in [-0.25, -0.2) is 9.07 Å². The van der Waals surface area contributed by atoms with Gasteiger partial charge in [-0.1, -0.05) is 24.3 Å². The second kappa shape index (κ2) is 11.5. The number of aliphatic imine (C=N–C) groups is 1. The lowest BCUT2D eigenvalue weighted by molar-refractivity contribution is 0.223. The summed E-state index contributed by atoms with van der Waals surface area (Å²) in [5.74, 6) is 1.12. The molecule has 0 saturated heterocycles. The van der Waals surface area contributed by atoms with Gasteiger partial charge in [0.25, 0.3) is 0 Å². The summed E-state index contributed by atoms with van der Waals surface area (Å²) in [5.41, 5.74) is 8.04. The number of benzene rings is 2. The van der Waals surface area contributed by atoms with Gasteiger partial charge < -0.3 is 21.1 Å². The van der Waals surface area contributed by atoms with Gasteiger partial charge in [0.05, 0.1) is 17.9 Å². The molecule has 33 heavy (non-hydrogen) atoms. The molecule has 0 fully saturated rings. The Morgan fingerprint density at radius 2 is 2.03 bits per heavy atom. The Morgan fingerprint density at radius 3 is 2.73 bits per heavy atom. The summed E-state index contributed by atoms with van der Waals surface area (Å²) < 4.78 is 20.6. The molecule has 1 aromatic heterocycles. The third kappa shape index (κ3) is 6.46. The molecule has 9 heteroatoms. The minimum atomic E-state index is -0.333. The van der Waals surface area contributed by atoms with E-state index in [-0.39, 0.29) is 11.9 Å². The van der Waals surface area contributed by atoms with Crippen molar-refractivity contribution in [3.63, 3.8) is 0 Å². The van der Waals surface area contributed by atoms with Gasteiger partial charge in [0.1, 0.15) is 35.1 Å². The summed E-state index contributed by atoms with van der Waals surface area (Å²) >= 11 is 0. The van der Waals surface area contributed by atoms with Crippen molar-refractivity contribution in [3.05, 3.63) is 71.7 Å². The average molecular weight is 450 g/mol. The van der Waals surface area contributed by atoms with E-state index >= 15 is 0 Å². The maximum absolute atomic E-state index is 13.3. The van der Waals surface area contributed by atoms with E-state index < -0.39 is 0 Å². The number of para-hydroxylation sites is 1. The van der Waals surface area contributed by atoms with Crippen molar-refractivity contribution < 1.29 is 9.13 Å². The molecule has 2 aromatic carbocycles. The van der Waals surface area contributed by atoms with Crippen LogP contribution in [0.2, 0.25) is 0 Å². The molecule has 4 N–H and O–H groups in total. The van der Waals surface area contributed by atoms with Crippen molar-refractivity contribution in [2.45, 2.75) is 25.9 Å². The maximum Gasteiger partial charge on any atom is 0.191 e. The van der Waals surface area contributed by atoms with Crippen LogP contribution in [0.25, 0.3) is 5.69 Å². The predicted octanol–water partition coefficient (Wildman–Crippen LogP) is 3.03. The number of hydrogen-bond donors (Lipinski definition) is 3. The molecule has 8 nitrogen and oxygen atoms in total. The van der Waals surface area contributed by atoms with E-state index in [1.807, 2.05) is 37.3 Å². The summed E-state index contributed by atoms with van der Waals surface area (Å²) in [6, 6.07) is 17.7. The van der Waals surface area contributed by atoms with Crippen LogP contribution in [0.4, 0.5) is 10.2 Å². The number of hydrogen-bond acceptors (Lipinski definition) is 5. The van der Waals surface area contributed by atoms with Crippen molar-refractivity contribution in [3.8, 4) is 17.5 Å². The van der Waals surface area contributed by atoms with E-state index in [1.165, 1.54) is 12.1 Å². The number of nitrogens with two attached hydrogens (primary N) is 1. The first-order valence-electron chi connectivity index (χ1n) is 10.7. The summed E-state index contributed by atoms with van der Waals surface area (Å²) in [6.07, 6.45) is 1.14. The number of nitriles is 1. The van der Waals surface area contributed by atoms with E-state index in [1.54, 1.807) is 23.9 Å². The molecule has 1 atom stereocenters. The van der Waals surface area contributed by atoms with Gasteiger partial charge in [0.15, 0.2) is 5.96 Å². The number of anilines is 1. The molecule has 0 amide bonds. The lowest BCUT2D eigenvalue weighted by Crippen LogP contribution is -2.42. The van der Waals surface area contributed by atoms with E-state index in [9.17, 15) is 9.65 Å². The van der Waals surface area contributed by atoms with Gasteiger partial charge in [-0.3, -0.25) is 4.99 Å². The number of nitrogens with zero attached hydrogens (tertiary/aromatic N) is 4. The minimum absolute atomic E-state index is 0.187. The largest absolute Gasteiger partial charge is 0.489 e. The summed E-state index contributed by atoms with van der Waals surface area (Å²) in [7, 11) is 1.68. The molecule has 3 aromatic rings. The first kappa shape index (κ1) is 23.6. The molecule has 0 aliphatic carbocycles. The monoisotopic (exact) mass is 449 g/mol. The molecule has 0 aliphatic heterocycles. The zero-order chi connectivity index (χ0) is 23.6. The van der Waals surface area contributed by atoms with Crippen LogP contribution in [-0.2, 0) is 6.42 Å². The highest BCUT2D eigenvalue weighted by molar-refractivity contribution is 5.79. The van der Waals surface area contributed by atoms with Gasteiger partial charge in [-0.2, -0.15) is 10.4 Å². The molecule has 1 unspecified atom stereocenters. The lowest BCUT2D eigenvalue weighted by Gasteiger charge is -2.17. The van der Waals surface area contributed by atoms with Crippen molar-refractivity contribution >= 4 is 11.8 Å². The summed E-state index contributed by atoms with van der Waals surface area (Å²) in [4.78, 5) is 4.20. The number of halogens is 1. The van der Waals surface area contributed by atoms with E-state index in [0.29, 0.717) is 48.3 Å².